The fraction of sp³-hybridized carbons (Fsp3) is 0.222. The molecule has 0 saturated carbocycles. The van der Waals surface area contributed by atoms with Crippen molar-refractivity contribution in [3.63, 3.8) is 0 Å². The molecule has 14 heavy (non-hydrogen) atoms. The molecule has 0 rings (SSSR count). The fourth-order valence-electron chi connectivity index (χ4n) is 0.588. The SMILES string of the molecule is C#CCNC=C(C#N)C(=O)NC(C)=O. The molecule has 5 heteroatoms. The van der Waals surface area contributed by atoms with E-state index in [0.717, 1.165) is 6.20 Å². The van der Waals surface area contributed by atoms with Gasteiger partial charge in [-0.2, -0.15) is 5.26 Å². The van der Waals surface area contributed by atoms with Crippen molar-refractivity contribution < 1.29 is 9.59 Å². The maximum Gasteiger partial charge on any atom is 0.269 e. The lowest BCUT2D eigenvalue weighted by Gasteiger charge is -1.98. The molecule has 0 aromatic carbocycles. The standard InChI is InChI=1S/C9H9N3O2/c1-3-4-11-6-8(5-10)9(14)12-7(2)13/h1,6,11H,4H2,2H3,(H,12,13,14). The summed E-state index contributed by atoms with van der Waals surface area (Å²) in [6.45, 7) is 1.39. The number of rotatable bonds is 3. The monoisotopic (exact) mass is 191 g/mol. The molecule has 0 radical (unpaired) electrons. The number of carbonyl (C=O) groups excluding carboxylic acids is 2. The van der Waals surface area contributed by atoms with Gasteiger partial charge in [0, 0.05) is 13.1 Å². The molecule has 0 aromatic rings. The van der Waals surface area contributed by atoms with Crippen molar-refractivity contribution in [2.45, 2.75) is 6.92 Å². The molecule has 0 atom stereocenters. The third kappa shape index (κ3) is 4.58. The van der Waals surface area contributed by atoms with Gasteiger partial charge in [-0.15, -0.1) is 6.42 Å². The number of nitrogens with zero attached hydrogens (tertiary/aromatic N) is 1. The van der Waals surface area contributed by atoms with Gasteiger partial charge in [-0.3, -0.25) is 14.9 Å². The van der Waals surface area contributed by atoms with Gasteiger partial charge in [0.05, 0.1) is 6.54 Å². The van der Waals surface area contributed by atoms with Gasteiger partial charge in [0.2, 0.25) is 5.91 Å². The molecule has 0 fully saturated rings. The summed E-state index contributed by atoms with van der Waals surface area (Å²) in [7, 11) is 0. The summed E-state index contributed by atoms with van der Waals surface area (Å²) >= 11 is 0. The summed E-state index contributed by atoms with van der Waals surface area (Å²) in [6.07, 6.45) is 6.10. The zero-order valence-electron chi connectivity index (χ0n) is 7.63. The molecular formula is C9H9N3O2. The summed E-state index contributed by atoms with van der Waals surface area (Å²) < 4.78 is 0. The second-order valence-electron chi connectivity index (χ2n) is 2.27. The van der Waals surface area contributed by atoms with Gasteiger partial charge in [0.25, 0.3) is 5.91 Å². The van der Waals surface area contributed by atoms with Crippen LogP contribution < -0.4 is 10.6 Å². The van der Waals surface area contributed by atoms with Crippen LogP contribution in [-0.4, -0.2) is 18.4 Å². The average molecular weight is 191 g/mol. The van der Waals surface area contributed by atoms with Gasteiger partial charge < -0.3 is 5.32 Å². The van der Waals surface area contributed by atoms with Crippen LogP contribution in [0.3, 0.4) is 0 Å². The zero-order chi connectivity index (χ0) is 11.0. The topological polar surface area (TPSA) is 82.0 Å². The smallest absolute Gasteiger partial charge is 0.269 e. The third-order valence-electron chi connectivity index (χ3n) is 1.11. The molecule has 0 aliphatic rings. The van der Waals surface area contributed by atoms with Crippen molar-refractivity contribution in [1.82, 2.24) is 10.6 Å². The van der Waals surface area contributed by atoms with Crippen molar-refractivity contribution in [1.29, 1.82) is 5.26 Å². The summed E-state index contributed by atoms with van der Waals surface area (Å²) in [5.74, 6) is 0.997. The Kier molecular flexibility index (Phi) is 5.25. The normalized spacial score (nSPS) is 9.50. The first-order chi connectivity index (χ1) is 6.61. The highest BCUT2D eigenvalue weighted by Gasteiger charge is 2.09. The first kappa shape index (κ1) is 11.7. The molecule has 0 aliphatic heterocycles. The highest BCUT2D eigenvalue weighted by molar-refractivity contribution is 6.05. The van der Waals surface area contributed by atoms with E-state index in [1.165, 1.54) is 6.92 Å². The number of nitrogens with one attached hydrogen (secondary N) is 2. The summed E-state index contributed by atoms with van der Waals surface area (Å²) in [5, 5.41) is 13.0. The molecule has 2 N–H and O–H groups in total. The molecular weight excluding hydrogens is 182 g/mol. The van der Waals surface area contributed by atoms with Crippen LogP contribution in [0.15, 0.2) is 11.8 Å². The lowest BCUT2D eigenvalue weighted by Crippen LogP contribution is -2.29. The van der Waals surface area contributed by atoms with Crippen molar-refractivity contribution in [3.05, 3.63) is 11.8 Å². The number of hydrogen-bond acceptors (Lipinski definition) is 4. The lowest BCUT2D eigenvalue weighted by atomic mass is 10.3. The second-order valence-corrected chi connectivity index (χ2v) is 2.27. The Hall–Kier alpha value is -2.27. The summed E-state index contributed by atoms with van der Waals surface area (Å²) in [4.78, 5) is 21.5. The van der Waals surface area contributed by atoms with Gasteiger partial charge >= 0.3 is 0 Å². The number of carbonyl (C=O) groups is 2. The maximum atomic E-state index is 11.1. The largest absolute Gasteiger partial charge is 0.379 e. The highest BCUT2D eigenvalue weighted by atomic mass is 16.2. The Morgan fingerprint density at radius 1 is 1.57 bits per heavy atom. The van der Waals surface area contributed by atoms with Crippen LogP contribution >= 0.6 is 0 Å². The first-order valence-corrected chi connectivity index (χ1v) is 3.70. The molecule has 5 nitrogen and oxygen atoms in total. The van der Waals surface area contributed by atoms with Crippen LogP contribution in [0.1, 0.15) is 6.92 Å². The summed E-state index contributed by atoms with van der Waals surface area (Å²) in [6, 6.07) is 1.63. The molecule has 0 aromatic heterocycles. The first-order valence-electron chi connectivity index (χ1n) is 3.70. The van der Waals surface area contributed by atoms with Crippen LogP contribution in [0, 0.1) is 23.7 Å². The van der Waals surface area contributed by atoms with E-state index in [4.69, 9.17) is 11.7 Å². The average Bonchev–Trinajstić information content (AvgIpc) is 2.11. The van der Waals surface area contributed by atoms with Crippen LogP contribution in [0.4, 0.5) is 0 Å². The Morgan fingerprint density at radius 3 is 2.64 bits per heavy atom. The van der Waals surface area contributed by atoms with E-state index >= 15 is 0 Å². The van der Waals surface area contributed by atoms with E-state index in [9.17, 15) is 9.59 Å². The van der Waals surface area contributed by atoms with E-state index in [0.29, 0.717) is 0 Å². The number of nitriles is 1. The van der Waals surface area contributed by atoms with Gasteiger partial charge in [-0.05, 0) is 0 Å². The van der Waals surface area contributed by atoms with Gasteiger partial charge in [-0.1, -0.05) is 5.92 Å². The molecule has 72 valence electrons. The number of hydrogen-bond donors (Lipinski definition) is 2. The Morgan fingerprint density at radius 2 is 2.21 bits per heavy atom. The molecule has 0 heterocycles. The van der Waals surface area contributed by atoms with E-state index < -0.39 is 11.8 Å². The van der Waals surface area contributed by atoms with Gasteiger partial charge in [0.1, 0.15) is 11.6 Å². The minimum absolute atomic E-state index is 0.199. The van der Waals surface area contributed by atoms with E-state index in [-0.39, 0.29) is 12.1 Å². The van der Waals surface area contributed by atoms with Crippen LogP contribution in [0.5, 0.6) is 0 Å². The predicted octanol–water partition coefficient (Wildman–Crippen LogP) is -0.721. The summed E-state index contributed by atoms with van der Waals surface area (Å²) in [5.41, 5.74) is -0.199. The predicted molar refractivity (Wildman–Crippen MR) is 49.4 cm³/mol. The van der Waals surface area contributed by atoms with E-state index in [2.05, 4.69) is 11.2 Å². The molecule has 0 unspecified atom stereocenters. The van der Waals surface area contributed by atoms with Crippen molar-refractivity contribution in [3.8, 4) is 18.4 Å². The zero-order valence-corrected chi connectivity index (χ0v) is 7.63. The molecule has 0 bridgehead atoms. The Balaban J connectivity index is 4.36. The Labute approximate surface area is 81.8 Å². The third-order valence-corrected chi connectivity index (χ3v) is 1.11. The second kappa shape index (κ2) is 6.27. The van der Waals surface area contributed by atoms with Crippen LogP contribution in [-0.2, 0) is 9.59 Å². The minimum Gasteiger partial charge on any atom is -0.379 e. The fourth-order valence-corrected chi connectivity index (χ4v) is 0.588. The molecule has 0 aliphatic carbocycles. The quantitative estimate of drug-likeness (QED) is 0.267. The van der Waals surface area contributed by atoms with E-state index in [1.807, 2.05) is 5.32 Å². The van der Waals surface area contributed by atoms with E-state index in [1.54, 1.807) is 6.07 Å². The maximum absolute atomic E-state index is 11.1. The van der Waals surface area contributed by atoms with Crippen molar-refractivity contribution >= 4 is 11.8 Å². The number of imide groups is 1. The van der Waals surface area contributed by atoms with Crippen molar-refractivity contribution in [2.75, 3.05) is 6.54 Å². The molecule has 0 saturated heterocycles. The minimum atomic E-state index is -0.746. The van der Waals surface area contributed by atoms with Gasteiger partial charge in [0.15, 0.2) is 0 Å². The van der Waals surface area contributed by atoms with Crippen LogP contribution in [0.2, 0.25) is 0 Å². The number of terminal acetylenes is 1. The van der Waals surface area contributed by atoms with Crippen molar-refractivity contribution in [2.24, 2.45) is 0 Å². The Bertz CT molecular complexity index is 344. The molecule has 0 spiro atoms. The van der Waals surface area contributed by atoms with Gasteiger partial charge in [-0.25, -0.2) is 0 Å². The lowest BCUT2D eigenvalue weighted by molar-refractivity contribution is -0.126. The highest BCUT2D eigenvalue weighted by Crippen LogP contribution is 1.89. The number of amides is 2. The van der Waals surface area contributed by atoms with Crippen LogP contribution in [0.25, 0.3) is 0 Å². The molecule has 2 amide bonds.